The molecule has 0 N–H and O–H groups in total. The SMILES string of the molecule is CSc1ccccc1C1N=NC(c2ccc(F)cc2)=C1c1ccncc1. The van der Waals surface area contributed by atoms with Gasteiger partial charge in [-0.1, -0.05) is 18.2 Å². The summed E-state index contributed by atoms with van der Waals surface area (Å²) in [5.41, 5.74) is 4.78. The van der Waals surface area contributed by atoms with Gasteiger partial charge in [0.25, 0.3) is 0 Å². The average molecular weight is 361 g/mol. The predicted octanol–water partition coefficient (Wildman–Crippen LogP) is 6.02. The molecule has 0 saturated carbocycles. The smallest absolute Gasteiger partial charge is 0.125 e. The van der Waals surface area contributed by atoms with Crippen LogP contribution in [0.5, 0.6) is 0 Å². The Bertz CT molecular complexity index is 982. The molecule has 26 heavy (non-hydrogen) atoms. The lowest BCUT2D eigenvalue weighted by Gasteiger charge is -2.16. The second-order valence-electron chi connectivity index (χ2n) is 5.87. The predicted molar refractivity (Wildman–Crippen MR) is 103 cm³/mol. The maximum absolute atomic E-state index is 13.4. The Kier molecular flexibility index (Phi) is 4.63. The van der Waals surface area contributed by atoms with Crippen LogP contribution in [-0.4, -0.2) is 11.2 Å². The molecular formula is C21H16FN3S. The lowest BCUT2D eigenvalue weighted by Crippen LogP contribution is -2.00. The molecule has 3 aromatic rings. The first kappa shape index (κ1) is 16.7. The van der Waals surface area contributed by atoms with Gasteiger partial charge in [0.15, 0.2) is 0 Å². The summed E-state index contributed by atoms with van der Waals surface area (Å²) in [5, 5.41) is 9.06. The number of hydrogen-bond donors (Lipinski definition) is 0. The molecule has 0 saturated heterocycles. The number of azo groups is 1. The Morgan fingerprint density at radius 2 is 1.62 bits per heavy atom. The third-order valence-electron chi connectivity index (χ3n) is 4.34. The fraction of sp³-hybridized carbons (Fsp3) is 0.0952. The fourth-order valence-electron chi connectivity index (χ4n) is 3.11. The quantitative estimate of drug-likeness (QED) is 0.533. The number of nitrogens with zero attached hydrogens (tertiary/aromatic N) is 3. The molecule has 1 unspecified atom stereocenters. The average Bonchev–Trinajstić information content (AvgIpc) is 3.14. The van der Waals surface area contributed by atoms with Crippen LogP contribution in [0.25, 0.3) is 11.3 Å². The molecule has 128 valence electrons. The molecule has 0 radical (unpaired) electrons. The summed E-state index contributed by atoms with van der Waals surface area (Å²) in [6.07, 6.45) is 5.59. The van der Waals surface area contributed by atoms with Crippen LogP contribution in [0.3, 0.4) is 0 Å². The van der Waals surface area contributed by atoms with E-state index in [1.165, 1.54) is 17.0 Å². The van der Waals surface area contributed by atoms with Crippen LogP contribution in [0.2, 0.25) is 0 Å². The second-order valence-corrected chi connectivity index (χ2v) is 6.71. The summed E-state index contributed by atoms with van der Waals surface area (Å²) in [7, 11) is 0. The fourth-order valence-corrected chi connectivity index (χ4v) is 3.74. The van der Waals surface area contributed by atoms with Crippen molar-refractivity contribution >= 4 is 23.0 Å². The molecular weight excluding hydrogens is 345 g/mol. The lowest BCUT2D eigenvalue weighted by atomic mass is 9.91. The number of halogens is 1. The van der Waals surface area contributed by atoms with Crippen LogP contribution in [0.1, 0.15) is 22.7 Å². The first-order chi connectivity index (χ1) is 12.8. The van der Waals surface area contributed by atoms with Gasteiger partial charge in [-0.25, -0.2) is 4.39 Å². The van der Waals surface area contributed by atoms with Gasteiger partial charge >= 0.3 is 0 Å². The summed E-state index contributed by atoms with van der Waals surface area (Å²) in [6, 6.07) is 18.3. The summed E-state index contributed by atoms with van der Waals surface area (Å²) >= 11 is 1.69. The van der Waals surface area contributed by atoms with Gasteiger partial charge in [0.2, 0.25) is 0 Å². The van der Waals surface area contributed by atoms with Crippen LogP contribution >= 0.6 is 11.8 Å². The Labute approximate surface area is 155 Å². The Morgan fingerprint density at radius 3 is 2.35 bits per heavy atom. The number of pyridine rings is 1. The van der Waals surface area contributed by atoms with Crippen molar-refractivity contribution < 1.29 is 4.39 Å². The van der Waals surface area contributed by atoms with Crippen molar-refractivity contribution in [1.82, 2.24) is 4.98 Å². The minimum atomic E-state index is -0.265. The molecule has 1 aliphatic rings. The highest BCUT2D eigenvalue weighted by Crippen LogP contribution is 2.46. The van der Waals surface area contributed by atoms with E-state index in [4.69, 9.17) is 0 Å². The first-order valence-electron chi connectivity index (χ1n) is 8.22. The van der Waals surface area contributed by atoms with Crippen LogP contribution in [0, 0.1) is 5.82 Å². The van der Waals surface area contributed by atoms with Gasteiger partial charge in [0, 0.05) is 28.4 Å². The van der Waals surface area contributed by atoms with Crippen molar-refractivity contribution in [2.24, 2.45) is 10.2 Å². The highest BCUT2D eigenvalue weighted by Gasteiger charge is 2.29. The molecule has 0 fully saturated rings. The first-order valence-corrected chi connectivity index (χ1v) is 9.44. The summed E-state index contributed by atoms with van der Waals surface area (Å²) in [4.78, 5) is 5.29. The van der Waals surface area contributed by atoms with E-state index in [0.29, 0.717) is 0 Å². The molecule has 0 amide bonds. The van der Waals surface area contributed by atoms with Gasteiger partial charge in [-0.2, -0.15) is 10.2 Å². The number of rotatable bonds is 4. The second kappa shape index (κ2) is 7.22. The molecule has 1 aromatic heterocycles. The van der Waals surface area contributed by atoms with Crippen molar-refractivity contribution in [2.75, 3.05) is 6.26 Å². The largest absolute Gasteiger partial charge is 0.265 e. The number of hydrogen-bond acceptors (Lipinski definition) is 4. The molecule has 1 atom stereocenters. The highest BCUT2D eigenvalue weighted by molar-refractivity contribution is 7.98. The van der Waals surface area contributed by atoms with E-state index in [2.05, 4.69) is 33.6 Å². The van der Waals surface area contributed by atoms with Crippen molar-refractivity contribution in [2.45, 2.75) is 10.9 Å². The molecule has 4 rings (SSSR count). The number of aromatic nitrogens is 1. The van der Waals surface area contributed by atoms with Crippen molar-refractivity contribution in [3.63, 3.8) is 0 Å². The van der Waals surface area contributed by atoms with Gasteiger partial charge < -0.3 is 0 Å². The molecule has 0 aliphatic carbocycles. The van der Waals surface area contributed by atoms with E-state index in [1.54, 1.807) is 36.3 Å². The third kappa shape index (κ3) is 3.06. The third-order valence-corrected chi connectivity index (χ3v) is 5.16. The topological polar surface area (TPSA) is 37.6 Å². The van der Waals surface area contributed by atoms with E-state index in [9.17, 15) is 4.39 Å². The minimum absolute atomic E-state index is 0.193. The monoisotopic (exact) mass is 361 g/mol. The van der Waals surface area contributed by atoms with Crippen LogP contribution in [0.15, 0.2) is 88.2 Å². The van der Waals surface area contributed by atoms with Crippen LogP contribution in [-0.2, 0) is 0 Å². The van der Waals surface area contributed by atoms with Gasteiger partial charge in [0.1, 0.15) is 11.9 Å². The number of benzene rings is 2. The molecule has 0 bridgehead atoms. The van der Waals surface area contributed by atoms with E-state index < -0.39 is 0 Å². The van der Waals surface area contributed by atoms with Gasteiger partial charge in [-0.15, -0.1) is 11.8 Å². The molecule has 5 heteroatoms. The molecule has 2 aromatic carbocycles. The Hall–Kier alpha value is -2.79. The zero-order valence-corrected chi connectivity index (χ0v) is 14.9. The van der Waals surface area contributed by atoms with E-state index in [-0.39, 0.29) is 11.9 Å². The Morgan fingerprint density at radius 1 is 0.885 bits per heavy atom. The van der Waals surface area contributed by atoms with Crippen molar-refractivity contribution in [1.29, 1.82) is 0 Å². The van der Waals surface area contributed by atoms with Gasteiger partial charge in [0.05, 0.1) is 5.70 Å². The summed E-state index contributed by atoms with van der Waals surface area (Å²) < 4.78 is 13.4. The van der Waals surface area contributed by atoms with Crippen LogP contribution in [0.4, 0.5) is 4.39 Å². The summed E-state index contributed by atoms with van der Waals surface area (Å²) in [5.74, 6) is -0.265. The van der Waals surface area contributed by atoms with E-state index >= 15 is 0 Å². The molecule has 3 nitrogen and oxygen atoms in total. The van der Waals surface area contributed by atoms with Crippen molar-refractivity contribution in [3.05, 3.63) is 95.6 Å². The maximum Gasteiger partial charge on any atom is 0.125 e. The minimum Gasteiger partial charge on any atom is -0.265 e. The zero-order chi connectivity index (χ0) is 17.9. The normalized spacial score (nSPS) is 16.3. The maximum atomic E-state index is 13.4. The van der Waals surface area contributed by atoms with Crippen LogP contribution < -0.4 is 0 Å². The van der Waals surface area contributed by atoms with Gasteiger partial charge in [-0.05, 0) is 59.8 Å². The lowest BCUT2D eigenvalue weighted by molar-refractivity contribution is 0.627. The van der Waals surface area contributed by atoms with Crippen molar-refractivity contribution in [3.8, 4) is 0 Å². The summed E-state index contributed by atoms with van der Waals surface area (Å²) in [6.45, 7) is 0. The van der Waals surface area contributed by atoms with E-state index in [1.807, 2.05) is 24.3 Å². The highest BCUT2D eigenvalue weighted by atomic mass is 32.2. The van der Waals surface area contributed by atoms with Gasteiger partial charge in [-0.3, -0.25) is 4.98 Å². The Balaban J connectivity index is 1.90. The molecule has 0 spiro atoms. The number of thioether (sulfide) groups is 1. The molecule has 2 heterocycles. The molecule has 1 aliphatic heterocycles. The van der Waals surface area contributed by atoms with E-state index in [0.717, 1.165) is 28.0 Å². The standard InChI is InChI=1S/C21H16FN3S/c1-26-18-5-3-2-4-17(18)21-19(14-10-12-23-13-11-14)20(24-25-21)15-6-8-16(22)9-7-15/h2-13,21H,1H3. The zero-order valence-electron chi connectivity index (χ0n) is 14.1.